The van der Waals surface area contributed by atoms with Crippen molar-refractivity contribution in [1.82, 2.24) is 19.8 Å². The largest absolute Gasteiger partial charge is 0.477 e. The number of aromatic nitrogens is 4. The van der Waals surface area contributed by atoms with Gasteiger partial charge in [0.25, 0.3) is 0 Å². The van der Waals surface area contributed by atoms with Crippen molar-refractivity contribution in [2.75, 3.05) is 6.26 Å². The molecule has 0 atom stereocenters. The van der Waals surface area contributed by atoms with Crippen LogP contribution >= 0.6 is 0 Å². The van der Waals surface area contributed by atoms with Crippen molar-refractivity contribution < 1.29 is 36.6 Å². The van der Waals surface area contributed by atoms with Gasteiger partial charge in [-0.05, 0) is 11.2 Å². The number of hydrogen-bond acceptors (Lipinski definition) is 7. The Morgan fingerprint density at radius 1 is 1.29 bits per heavy atom. The first-order chi connectivity index (χ1) is 12.9. The van der Waals surface area contributed by atoms with Gasteiger partial charge in [-0.25, -0.2) is 23.2 Å². The Morgan fingerprint density at radius 2 is 1.86 bits per heavy atom. The van der Waals surface area contributed by atoms with Gasteiger partial charge in [-0.2, -0.15) is 8.78 Å². The van der Waals surface area contributed by atoms with Crippen LogP contribution in [0.5, 0.6) is 0 Å². The number of carbonyl (C=O) groups is 2. The molecule has 0 unspecified atom stereocenters. The second-order valence-corrected chi connectivity index (χ2v) is 7.24. The molecule has 152 valence electrons. The number of alkyl halides is 2. The smallest absolute Gasteiger partial charge is 0.374 e. The minimum absolute atomic E-state index is 0.0198. The number of carbonyl (C=O) groups excluding carboxylic acids is 1. The van der Waals surface area contributed by atoms with E-state index in [-0.39, 0.29) is 13.0 Å². The highest BCUT2D eigenvalue weighted by Crippen LogP contribution is 2.10. The maximum atomic E-state index is 11.4. The first kappa shape index (κ1) is 23.0. The minimum atomic E-state index is -3.58. The van der Waals surface area contributed by atoms with Crippen molar-refractivity contribution in [3.05, 3.63) is 36.9 Å². The lowest BCUT2D eigenvalue weighted by atomic mass is 10.3. The molecule has 13 heteroatoms. The van der Waals surface area contributed by atoms with Crippen molar-refractivity contribution in [3.8, 4) is 11.4 Å². The van der Waals surface area contributed by atoms with Crippen LogP contribution in [0.3, 0.4) is 0 Å². The molecule has 0 aromatic carbocycles. The maximum Gasteiger partial charge on any atom is 0.374 e. The fraction of sp³-hybridized carbons (Fsp3) is 0.333. The zero-order chi connectivity index (χ0) is 21.4. The predicted molar refractivity (Wildman–Crippen MR) is 91.3 cm³/mol. The second kappa shape index (κ2) is 9.73. The Hall–Kier alpha value is -3.09. The Morgan fingerprint density at radius 3 is 2.29 bits per heavy atom. The van der Waals surface area contributed by atoms with Gasteiger partial charge < -0.3 is 5.11 Å². The molecule has 2 rings (SSSR count). The van der Waals surface area contributed by atoms with E-state index in [1.54, 1.807) is 36.9 Å². The van der Waals surface area contributed by atoms with Gasteiger partial charge in [-0.1, -0.05) is 4.68 Å². The highest BCUT2D eigenvalue weighted by molar-refractivity contribution is 7.89. The van der Waals surface area contributed by atoms with Crippen LogP contribution in [0.15, 0.2) is 36.9 Å². The topological polar surface area (TPSA) is 143 Å². The van der Waals surface area contributed by atoms with E-state index >= 15 is 0 Å². The fourth-order valence-corrected chi connectivity index (χ4v) is 2.09. The third-order valence-electron chi connectivity index (χ3n) is 2.84. The first-order valence-corrected chi connectivity index (χ1v) is 9.52. The molecule has 2 aromatic heterocycles. The van der Waals surface area contributed by atoms with Gasteiger partial charge >= 0.3 is 11.9 Å². The summed E-state index contributed by atoms with van der Waals surface area (Å²) in [4.78, 5) is 28.8. The molecule has 2 aromatic rings. The number of rotatable bonds is 6. The van der Waals surface area contributed by atoms with E-state index < -0.39 is 27.8 Å². The molecule has 0 aliphatic carbocycles. The summed E-state index contributed by atoms with van der Waals surface area (Å²) in [6.07, 6.45) is 7.50. The molecule has 0 saturated heterocycles. The lowest BCUT2D eigenvalue weighted by molar-refractivity contribution is -0.752. The van der Waals surface area contributed by atoms with Crippen LogP contribution in [0.2, 0.25) is 0 Å². The van der Waals surface area contributed by atoms with E-state index in [2.05, 4.69) is 15.1 Å². The van der Waals surface area contributed by atoms with E-state index in [1.807, 2.05) is 4.72 Å². The highest BCUT2D eigenvalue weighted by atomic mass is 32.2. The van der Waals surface area contributed by atoms with E-state index in [0.29, 0.717) is 12.7 Å². The van der Waals surface area contributed by atoms with Crippen LogP contribution in [0.1, 0.15) is 13.3 Å². The molecule has 0 bridgehead atoms. The predicted octanol–water partition coefficient (Wildman–Crippen LogP) is 0.0182. The zero-order valence-electron chi connectivity index (χ0n) is 14.9. The van der Waals surface area contributed by atoms with Crippen LogP contribution in [-0.2, 0) is 26.2 Å². The van der Waals surface area contributed by atoms with Crippen molar-refractivity contribution in [1.29, 1.82) is 0 Å². The standard InChI is InChI=1S/C12H13N5O3S.C3H4F2O2/c1-21(19,20)16-11(18)4-8-17-7-3-10(9-15-17)12-13-5-2-6-14-12;1-3(4,5)2(6)7/h2-3,5-7,9H,4,8H2,1H3;1H3,(H,6,7)/p+1. The number of carboxylic acids is 1. The highest BCUT2D eigenvalue weighted by Gasteiger charge is 2.31. The lowest BCUT2D eigenvalue weighted by Gasteiger charge is -2.00. The van der Waals surface area contributed by atoms with Gasteiger partial charge in [-0.15, -0.1) is 0 Å². The third kappa shape index (κ3) is 9.02. The summed E-state index contributed by atoms with van der Waals surface area (Å²) in [5.74, 6) is -5.68. The van der Waals surface area contributed by atoms with Gasteiger partial charge in [-0.3, -0.25) is 9.52 Å². The summed E-state index contributed by atoms with van der Waals surface area (Å²) in [6.45, 7) is 0.604. The number of hydrogen-bond donors (Lipinski definition) is 2. The first-order valence-electron chi connectivity index (χ1n) is 7.63. The van der Waals surface area contributed by atoms with Gasteiger partial charge in [0.1, 0.15) is 6.20 Å². The van der Waals surface area contributed by atoms with Gasteiger partial charge in [0.05, 0.1) is 12.7 Å². The van der Waals surface area contributed by atoms with E-state index in [9.17, 15) is 26.8 Å². The molecule has 0 saturated carbocycles. The Labute approximate surface area is 159 Å². The van der Waals surface area contributed by atoms with Crippen molar-refractivity contribution in [2.45, 2.75) is 25.8 Å². The average molecular weight is 418 g/mol. The van der Waals surface area contributed by atoms with Crippen molar-refractivity contribution >= 4 is 21.9 Å². The SMILES string of the molecule is CC(F)(F)C(=O)O.CS(=O)(=O)NC(=O)CC[n+]1ccc(-c2ncccn2)cn1. The molecule has 1 amide bonds. The monoisotopic (exact) mass is 418 g/mol. The van der Waals surface area contributed by atoms with Crippen molar-refractivity contribution in [2.24, 2.45) is 0 Å². The number of amides is 1. The Bertz CT molecular complexity index is 903. The van der Waals surface area contributed by atoms with Crippen LogP contribution in [-0.4, -0.2) is 52.6 Å². The van der Waals surface area contributed by atoms with E-state index in [0.717, 1.165) is 11.8 Å². The summed E-state index contributed by atoms with van der Waals surface area (Å²) >= 11 is 0. The maximum absolute atomic E-state index is 11.4. The summed E-state index contributed by atoms with van der Waals surface area (Å²) in [5.41, 5.74) is 0.757. The molecule has 2 heterocycles. The van der Waals surface area contributed by atoms with Gasteiger partial charge in [0.2, 0.25) is 15.9 Å². The summed E-state index contributed by atoms with van der Waals surface area (Å²) in [5, 5.41) is 11.6. The van der Waals surface area contributed by atoms with Crippen LogP contribution in [0.4, 0.5) is 8.78 Å². The summed E-state index contributed by atoms with van der Waals surface area (Å²) in [7, 11) is -3.52. The summed E-state index contributed by atoms with van der Waals surface area (Å²) < 4.78 is 47.7. The van der Waals surface area contributed by atoms with E-state index in [4.69, 9.17) is 5.11 Å². The van der Waals surface area contributed by atoms with Crippen LogP contribution in [0, 0.1) is 0 Å². The van der Waals surface area contributed by atoms with Crippen LogP contribution in [0.25, 0.3) is 11.4 Å². The average Bonchev–Trinajstić information content (AvgIpc) is 2.59. The zero-order valence-corrected chi connectivity index (χ0v) is 15.7. The number of halogens is 2. The quantitative estimate of drug-likeness (QED) is 0.625. The number of aryl methyl sites for hydroxylation is 1. The van der Waals surface area contributed by atoms with E-state index in [1.165, 1.54) is 4.68 Å². The number of aliphatic carboxylic acids is 1. The molecule has 28 heavy (non-hydrogen) atoms. The lowest BCUT2D eigenvalue weighted by Crippen LogP contribution is -2.40. The molecule has 0 radical (unpaired) electrons. The number of carboxylic acid groups (broad SMARTS) is 1. The number of nitrogens with zero attached hydrogens (tertiary/aromatic N) is 4. The third-order valence-corrected chi connectivity index (χ3v) is 3.44. The molecule has 2 N–H and O–H groups in total. The minimum Gasteiger partial charge on any atom is -0.477 e. The van der Waals surface area contributed by atoms with Gasteiger partial charge in [0.15, 0.2) is 18.6 Å². The van der Waals surface area contributed by atoms with Crippen LogP contribution < -0.4 is 9.40 Å². The Kier molecular flexibility index (Phi) is 7.98. The molecule has 0 aliphatic heterocycles. The molecular formula is C15H18F2N5O5S+. The van der Waals surface area contributed by atoms with Crippen molar-refractivity contribution in [3.63, 3.8) is 0 Å². The number of nitrogens with one attached hydrogen (secondary N) is 1. The molecule has 10 nitrogen and oxygen atoms in total. The molecule has 0 fully saturated rings. The number of sulfonamides is 1. The molecule has 0 aliphatic rings. The van der Waals surface area contributed by atoms with Gasteiger partial charge in [0, 0.05) is 30.9 Å². The Balaban J connectivity index is 0.000000480. The molecular weight excluding hydrogens is 400 g/mol. The fourth-order valence-electron chi connectivity index (χ4n) is 1.57. The molecule has 0 spiro atoms. The normalized spacial score (nSPS) is 11.1. The second-order valence-electron chi connectivity index (χ2n) is 5.49. The summed E-state index contributed by atoms with van der Waals surface area (Å²) in [6, 6.07) is 3.50.